The van der Waals surface area contributed by atoms with Gasteiger partial charge in [0.15, 0.2) is 0 Å². The number of hydrogen-bond donors (Lipinski definition) is 4. The summed E-state index contributed by atoms with van der Waals surface area (Å²) in [4.78, 5) is 0. The fraction of sp³-hybridized carbons (Fsp3) is 0.562. The van der Waals surface area contributed by atoms with Gasteiger partial charge in [-0.1, -0.05) is 13.8 Å². The maximum atomic E-state index is 7.08. The Morgan fingerprint density at radius 2 is 1.52 bits per heavy atom. The second-order valence-corrected chi connectivity index (χ2v) is 4.34. The van der Waals surface area contributed by atoms with Crippen molar-refractivity contribution in [1.29, 1.82) is 5.41 Å². The minimum absolute atomic E-state index is 0. The van der Waals surface area contributed by atoms with Crippen molar-refractivity contribution in [3.8, 4) is 5.75 Å². The number of hydrazine groups is 1. The van der Waals surface area contributed by atoms with E-state index in [2.05, 4.69) is 12.3 Å². The van der Waals surface area contributed by atoms with Gasteiger partial charge in [-0.05, 0) is 36.2 Å². The molecule has 0 aliphatic heterocycles. The van der Waals surface area contributed by atoms with Crippen LogP contribution in [0.5, 0.6) is 5.75 Å². The maximum Gasteiger partial charge on any atom is 0.119 e. The molecular weight excluding hydrogens is 296 g/mol. The second-order valence-electron chi connectivity index (χ2n) is 4.34. The summed E-state index contributed by atoms with van der Waals surface area (Å²) in [5.74, 6) is 5.58. The Kier molecular flexibility index (Phi) is 19.1. The summed E-state index contributed by atoms with van der Waals surface area (Å²) in [5, 5.41) is 7.08. The van der Waals surface area contributed by atoms with E-state index in [1.54, 1.807) is 0 Å². The lowest BCUT2D eigenvalue weighted by atomic mass is 10.2. The van der Waals surface area contributed by atoms with Gasteiger partial charge in [0.25, 0.3) is 0 Å². The lowest BCUT2D eigenvalue weighted by Crippen LogP contribution is -2.20. The van der Waals surface area contributed by atoms with E-state index < -0.39 is 0 Å². The highest BCUT2D eigenvalue weighted by Gasteiger charge is 1.94. The van der Waals surface area contributed by atoms with Crippen molar-refractivity contribution in [1.82, 2.24) is 11.6 Å². The van der Waals surface area contributed by atoms with Gasteiger partial charge in [-0.3, -0.25) is 11.3 Å². The first-order valence-corrected chi connectivity index (χ1v) is 7.60. The predicted octanol–water partition coefficient (Wildman–Crippen LogP) is 2.14. The molecule has 0 spiro atoms. The van der Waals surface area contributed by atoms with Gasteiger partial charge >= 0.3 is 0 Å². The van der Waals surface area contributed by atoms with Gasteiger partial charge in [0.05, 0.1) is 19.8 Å². The van der Waals surface area contributed by atoms with E-state index in [4.69, 9.17) is 25.5 Å². The van der Waals surface area contributed by atoms with Crippen molar-refractivity contribution in [2.75, 3.05) is 39.6 Å². The second kappa shape index (κ2) is 18.5. The first-order chi connectivity index (χ1) is 10.8. The quantitative estimate of drug-likeness (QED) is 0.213. The monoisotopic (exact) mass is 328 g/mol. The van der Waals surface area contributed by atoms with Crippen LogP contribution in [0.1, 0.15) is 25.8 Å². The topological polar surface area (TPSA) is 125 Å². The third kappa shape index (κ3) is 15.2. The molecule has 0 fully saturated rings. The molecule has 1 aromatic carbocycles. The van der Waals surface area contributed by atoms with Gasteiger partial charge < -0.3 is 25.8 Å². The van der Waals surface area contributed by atoms with Crippen LogP contribution in [0.3, 0.4) is 0 Å². The van der Waals surface area contributed by atoms with Gasteiger partial charge in [0, 0.05) is 19.4 Å². The van der Waals surface area contributed by atoms with Crippen molar-refractivity contribution in [3.05, 3.63) is 29.8 Å². The van der Waals surface area contributed by atoms with Gasteiger partial charge in [0.2, 0.25) is 0 Å². The lowest BCUT2D eigenvalue weighted by Gasteiger charge is -2.07. The molecule has 0 saturated carbocycles. The molecule has 0 bridgehead atoms. The highest BCUT2D eigenvalue weighted by atomic mass is 16.5. The van der Waals surface area contributed by atoms with Crippen LogP contribution in [-0.2, 0) is 9.47 Å². The minimum atomic E-state index is 0. The normalized spacial score (nSPS) is 9.35. The van der Waals surface area contributed by atoms with Crippen LogP contribution in [0.2, 0.25) is 0 Å². The highest BCUT2D eigenvalue weighted by Crippen LogP contribution is 2.10. The first-order valence-electron chi connectivity index (χ1n) is 7.60. The average Bonchev–Trinajstić information content (AvgIpc) is 2.58. The number of hydrogen-bond acceptors (Lipinski definition) is 7. The Labute approximate surface area is 139 Å². The zero-order valence-corrected chi connectivity index (χ0v) is 14.3. The van der Waals surface area contributed by atoms with E-state index in [0.29, 0.717) is 26.4 Å². The highest BCUT2D eigenvalue weighted by molar-refractivity contribution is 5.76. The van der Waals surface area contributed by atoms with Gasteiger partial charge in [-0.25, -0.2) is 0 Å². The summed E-state index contributed by atoms with van der Waals surface area (Å²) >= 11 is 0. The molecule has 0 unspecified atom stereocenters. The van der Waals surface area contributed by atoms with Crippen LogP contribution in [0.15, 0.2) is 24.3 Å². The summed E-state index contributed by atoms with van der Waals surface area (Å²) in [6.07, 6.45) is 2.35. The Morgan fingerprint density at radius 1 is 1.00 bits per heavy atom. The lowest BCUT2D eigenvalue weighted by molar-refractivity contribution is 0.0366. The summed E-state index contributed by atoms with van der Waals surface area (Å²) in [6, 6.07) is 7.40. The van der Waals surface area contributed by atoms with E-state index in [-0.39, 0.29) is 6.15 Å². The van der Waals surface area contributed by atoms with E-state index in [9.17, 15) is 0 Å². The third-order valence-electron chi connectivity index (χ3n) is 2.47. The van der Waals surface area contributed by atoms with E-state index in [1.165, 1.54) is 6.21 Å². The summed E-state index contributed by atoms with van der Waals surface area (Å²) in [6.45, 7) is 8.00. The number of ether oxygens (including phenoxy) is 3. The van der Waals surface area contributed by atoms with Crippen LogP contribution in [0.4, 0.5) is 0 Å². The maximum absolute atomic E-state index is 7.08. The van der Waals surface area contributed by atoms with Crippen LogP contribution < -0.4 is 22.2 Å². The Morgan fingerprint density at radius 3 is 2.00 bits per heavy atom. The number of rotatable bonds is 11. The molecule has 0 saturated heterocycles. The van der Waals surface area contributed by atoms with E-state index in [0.717, 1.165) is 30.9 Å². The largest absolute Gasteiger partial charge is 0.491 e. The molecule has 1 aromatic rings. The van der Waals surface area contributed by atoms with E-state index in [1.807, 2.05) is 31.2 Å². The first kappa shape index (κ1) is 23.8. The van der Waals surface area contributed by atoms with Crippen molar-refractivity contribution >= 4 is 6.21 Å². The standard InChI is InChI=1S/C14H21NO3.C2H8N2.H3N/c1-2-7-16-8-9-17-10-11-18-14-5-3-13(12-15)4-6-14;1-2-4-3;/h3-6,12,15H,2,7-11H2,1H3;4H,2-3H2,1H3;1H3. The molecule has 0 aliphatic carbocycles. The average molecular weight is 328 g/mol. The van der Waals surface area contributed by atoms with Crippen molar-refractivity contribution < 1.29 is 14.2 Å². The molecule has 134 valence electrons. The summed E-state index contributed by atoms with van der Waals surface area (Å²) in [5.41, 5.74) is 3.30. The van der Waals surface area contributed by atoms with Crippen LogP contribution in [-0.4, -0.2) is 45.8 Å². The SMILES string of the molecule is CCCOCCOCCOc1ccc(C=N)cc1.CCNN.N. The Hall–Kier alpha value is -1.51. The van der Waals surface area contributed by atoms with Gasteiger partial charge in [-0.2, -0.15) is 0 Å². The zero-order chi connectivity index (χ0) is 16.5. The number of nitrogens with two attached hydrogens (primary N) is 1. The molecule has 0 amide bonds. The fourth-order valence-corrected chi connectivity index (χ4v) is 1.35. The number of nitrogens with one attached hydrogen (secondary N) is 2. The fourth-order valence-electron chi connectivity index (χ4n) is 1.35. The molecule has 0 aliphatic rings. The predicted molar refractivity (Wildman–Crippen MR) is 94.6 cm³/mol. The smallest absolute Gasteiger partial charge is 0.119 e. The number of benzene rings is 1. The van der Waals surface area contributed by atoms with Crippen LogP contribution in [0, 0.1) is 5.41 Å². The van der Waals surface area contributed by atoms with Gasteiger partial charge in [-0.15, -0.1) is 0 Å². The molecule has 1 rings (SSSR count). The van der Waals surface area contributed by atoms with Crippen molar-refractivity contribution in [2.45, 2.75) is 20.3 Å². The molecule has 7 N–H and O–H groups in total. The molecule has 0 heterocycles. The molecule has 23 heavy (non-hydrogen) atoms. The van der Waals surface area contributed by atoms with Crippen molar-refractivity contribution in [3.63, 3.8) is 0 Å². The molecule has 7 nitrogen and oxygen atoms in total. The summed E-state index contributed by atoms with van der Waals surface area (Å²) in [7, 11) is 0. The molecule has 7 heteroatoms. The van der Waals surface area contributed by atoms with Crippen LogP contribution >= 0.6 is 0 Å². The Balaban J connectivity index is 0. The molecule has 0 radical (unpaired) electrons. The van der Waals surface area contributed by atoms with E-state index >= 15 is 0 Å². The third-order valence-corrected chi connectivity index (χ3v) is 2.47. The Bertz CT molecular complexity index is 359. The molecule has 0 aromatic heterocycles. The molecule has 0 atom stereocenters. The van der Waals surface area contributed by atoms with Gasteiger partial charge in [0.1, 0.15) is 12.4 Å². The van der Waals surface area contributed by atoms with Crippen LogP contribution in [0.25, 0.3) is 0 Å². The zero-order valence-electron chi connectivity index (χ0n) is 14.3. The molecular formula is C16H32N4O3. The van der Waals surface area contributed by atoms with Crippen molar-refractivity contribution in [2.24, 2.45) is 5.84 Å². The minimum Gasteiger partial charge on any atom is -0.491 e. The summed E-state index contributed by atoms with van der Waals surface area (Å²) < 4.78 is 16.1.